The smallest absolute Gasteiger partial charge is 0.264 e. The van der Waals surface area contributed by atoms with E-state index < -0.39 is 0 Å². The number of benzene rings is 3. The molecular formula is C23H23N7OS. The fraction of sp³-hybridized carbons (Fsp3) is 0.130. The number of nitrogen functional groups attached to an aromatic ring is 1. The lowest BCUT2D eigenvalue weighted by Gasteiger charge is -2.08. The second-order valence-electron chi connectivity index (χ2n) is 6.93. The number of carbonyl (C=O) groups excluding carboxylic acids is 1. The van der Waals surface area contributed by atoms with Crippen LogP contribution in [0.25, 0.3) is 10.8 Å². The van der Waals surface area contributed by atoms with Gasteiger partial charge in [-0.2, -0.15) is 5.10 Å². The summed E-state index contributed by atoms with van der Waals surface area (Å²) in [6.45, 7) is 2.02. The predicted molar refractivity (Wildman–Crippen MR) is 130 cm³/mol. The molecule has 0 atom stereocenters. The van der Waals surface area contributed by atoms with Gasteiger partial charge >= 0.3 is 0 Å². The molecule has 0 spiro atoms. The first-order chi connectivity index (χ1) is 15.7. The summed E-state index contributed by atoms with van der Waals surface area (Å²) in [5.41, 5.74) is 5.53. The van der Waals surface area contributed by atoms with Crippen molar-refractivity contribution < 1.29 is 4.79 Å². The number of hydrogen-bond acceptors (Lipinski definition) is 7. The van der Waals surface area contributed by atoms with E-state index in [0.717, 1.165) is 34.2 Å². The number of nitrogens with one attached hydrogen (secondary N) is 2. The Balaban J connectivity index is 1.38. The van der Waals surface area contributed by atoms with E-state index >= 15 is 0 Å². The second-order valence-corrected chi connectivity index (χ2v) is 7.87. The van der Waals surface area contributed by atoms with Crippen LogP contribution in [0.4, 0.5) is 11.6 Å². The van der Waals surface area contributed by atoms with Crippen molar-refractivity contribution in [3.8, 4) is 0 Å². The third-order valence-corrected chi connectivity index (χ3v) is 5.74. The fourth-order valence-electron chi connectivity index (χ4n) is 3.20. The Morgan fingerprint density at radius 1 is 1.03 bits per heavy atom. The average Bonchev–Trinajstić information content (AvgIpc) is 3.18. The Morgan fingerprint density at radius 3 is 2.59 bits per heavy atom. The lowest BCUT2D eigenvalue weighted by molar-refractivity contribution is -0.113. The Bertz CT molecular complexity index is 1250. The number of nitrogens with zero attached hydrogens (tertiary/aromatic N) is 4. The number of anilines is 2. The highest BCUT2D eigenvalue weighted by molar-refractivity contribution is 7.99. The van der Waals surface area contributed by atoms with Gasteiger partial charge in [-0.25, -0.2) is 10.1 Å². The molecule has 0 radical (unpaired) electrons. The molecule has 32 heavy (non-hydrogen) atoms. The molecule has 0 bridgehead atoms. The molecule has 0 aliphatic carbocycles. The van der Waals surface area contributed by atoms with Crippen LogP contribution in [0.2, 0.25) is 0 Å². The van der Waals surface area contributed by atoms with Gasteiger partial charge in [0.15, 0.2) is 0 Å². The first kappa shape index (κ1) is 21.4. The molecule has 0 saturated carbocycles. The Morgan fingerprint density at radius 2 is 1.78 bits per heavy atom. The number of amides is 1. The monoisotopic (exact) mass is 445 g/mol. The fourth-order valence-corrected chi connectivity index (χ4v) is 3.85. The van der Waals surface area contributed by atoms with Gasteiger partial charge in [-0.15, -0.1) is 10.2 Å². The zero-order chi connectivity index (χ0) is 22.3. The van der Waals surface area contributed by atoms with E-state index in [1.165, 1.54) is 16.4 Å². The third-order valence-electron chi connectivity index (χ3n) is 4.79. The molecule has 1 aromatic heterocycles. The predicted octanol–water partition coefficient (Wildman–Crippen LogP) is 4.10. The molecule has 0 fully saturated rings. The van der Waals surface area contributed by atoms with Crippen LogP contribution in [0.5, 0.6) is 0 Å². The van der Waals surface area contributed by atoms with E-state index in [1.54, 1.807) is 0 Å². The van der Waals surface area contributed by atoms with Gasteiger partial charge in [-0.1, -0.05) is 85.4 Å². The molecule has 162 valence electrons. The van der Waals surface area contributed by atoms with Crippen LogP contribution in [0.1, 0.15) is 18.9 Å². The Labute approximate surface area is 189 Å². The van der Waals surface area contributed by atoms with Gasteiger partial charge in [0.25, 0.3) is 5.95 Å². The van der Waals surface area contributed by atoms with E-state index in [-0.39, 0.29) is 11.7 Å². The number of aromatic nitrogens is 3. The molecule has 4 N–H and O–H groups in total. The van der Waals surface area contributed by atoms with Crippen LogP contribution in [0.3, 0.4) is 0 Å². The van der Waals surface area contributed by atoms with E-state index in [0.29, 0.717) is 11.1 Å². The number of nitrogens with two attached hydrogens (primary N) is 1. The van der Waals surface area contributed by atoms with Crippen molar-refractivity contribution in [1.82, 2.24) is 14.9 Å². The second kappa shape index (κ2) is 9.97. The van der Waals surface area contributed by atoms with Gasteiger partial charge in [0.1, 0.15) is 0 Å². The van der Waals surface area contributed by atoms with Crippen molar-refractivity contribution in [3.05, 3.63) is 78.4 Å². The summed E-state index contributed by atoms with van der Waals surface area (Å²) in [5.74, 6) is 6.38. The lowest BCUT2D eigenvalue weighted by atomic mass is 10.1. The standard InChI is InChI=1S/C23H23N7OS/c1-2-19(17-10-4-3-5-11-17)26-27-22-28-29-23(30(22)24)32-15-21(31)25-20-14-8-12-16-9-6-7-13-18(16)20/h3-14H,2,15,24H2,1H3,(H,25,31)(H,27,28)/b26-19+. The summed E-state index contributed by atoms with van der Waals surface area (Å²) in [4.78, 5) is 12.5. The van der Waals surface area contributed by atoms with E-state index in [2.05, 4.69) is 26.0 Å². The Hall–Kier alpha value is -3.85. The van der Waals surface area contributed by atoms with Crippen LogP contribution >= 0.6 is 11.8 Å². The largest absolute Gasteiger partial charge is 0.334 e. The van der Waals surface area contributed by atoms with Crippen LogP contribution in [-0.4, -0.2) is 32.2 Å². The van der Waals surface area contributed by atoms with Crippen molar-refractivity contribution in [2.24, 2.45) is 5.10 Å². The number of hydrogen-bond donors (Lipinski definition) is 3. The van der Waals surface area contributed by atoms with Gasteiger partial charge in [-0.3, -0.25) is 4.79 Å². The Kier molecular flexibility index (Phi) is 6.66. The molecule has 0 aliphatic heterocycles. The highest BCUT2D eigenvalue weighted by Crippen LogP contribution is 2.24. The van der Waals surface area contributed by atoms with Crippen LogP contribution in [0, 0.1) is 0 Å². The number of rotatable bonds is 8. The summed E-state index contributed by atoms with van der Waals surface area (Å²) >= 11 is 1.20. The molecule has 3 aromatic carbocycles. The van der Waals surface area contributed by atoms with Crippen molar-refractivity contribution in [2.45, 2.75) is 18.5 Å². The topological polar surface area (TPSA) is 110 Å². The molecule has 0 saturated heterocycles. The maximum Gasteiger partial charge on any atom is 0.264 e. The van der Waals surface area contributed by atoms with E-state index in [1.807, 2.05) is 79.7 Å². The van der Waals surface area contributed by atoms with Crippen LogP contribution in [-0.2, 0) is 4.79 Å². The highest BCUT2D eigenvalue weighted by atomic mass is 32.2. The molecule has 1 heterocycles. The third kappa shape index (κ3) is 4.89. The quantitative estimate of drug-likeness (QED) is 0.163. The average molecular weight is 446 g/mol. The summed E-state index contributed by atoms with van der Waals surface area (Å²) in [6, 6.07) is 23.6. The summed E-state index contributed by atoms with van der Waals surface area (Å²) in [6.07, 6.45) is 0.742. The number of carbonyl (C=O) groups is 1. The minimum atomic E-state index is -0.153. The van der Waals surface area contributed by atoms with Gasteiger partial charge < -0.3 is 11.2 Å². The maximum absolute atomic E-state index is 12.5. The van der Waals surface area contributed by atoms with Crippen molar-refractivity contribution >= 4 is 45.8 Å². The van der Waals surface area contributed by atoms with Crippen molar-refractivity contribution in [2.75, 3.05) is 22.3 Å². The van der Waals surface area contributed by atoms with Crippen LogP contribution < -0.4 is 16.6 Å². The maximum atomic E-state index is 12.5. The summed E-state index contributed by atoms with van der Waals surface area (Å²) < 4.78 is 1.29. The van der Waals surface area contributed by atoms with Crippen molar-refractivity contribution in [3.63, 3.8) is 0 Å². The van der Waals surface area contributed by atoms with E-state index in [4.69, 9.17) is 5.84 Å². The van der Waals surface area contributed by atoms with Gasteiger partial charge in [-0.05, 0) is 23.4 Å². The molecule has 0 aliphatic rings. The molecule has 4 aromatic rings. The molecule has 4 rings (SSSR count). The van der Waals surface area contributed by atoms with Gasteiger partial charge in [0.2, 0.25) is 11.1 Å². The molecule has 9 heteroatoms. The highest BCUT2D eigenvalue weighted by Gasteiger charge is 2.13. The number of hydrazone groups is 1. The first-order valence-corrected chi connectivity index (χ1v) is 11.1. The van der Waals surface area contributed by atoms with Crippen molar-refractivity contribution in [1.29, 1.82) is 0 Å². The number of fused-ring (bicyclic) bond motifs is 1. The normalized spacial score (nSPS) is 11.5. The lowest BCUT2D eigenvalue weighted by Crippen LogP contribution is -2.17. The number of thioether (sulfide) groups is 1. The molecule has 0 unspecified atom stereocenters. The SMILES string of the molecule is CC/C(=N\Nc1nnc(SCC(=O)Nc2cccc3ccccc23)n1N)c1ccccc1. The molecule has 1 amide bonds. The van der Waals surface area contributed by atoms with Gasteiger partial charge in [0.05, 0.1) is 11.5 Å². The summed E-state index contributed by atoms with van der Waals surface area (Å²) in [7, 11) is 0. The molecule has 8 nitrogen and oxygen atoms in total. The zero-order valence-electron chi connectivity index (χ0n) is 17.5. The van der Waals surface area contributed by atoms with Crippen LogP contribution in [0.15, 0.2) is 83.1 Å². The first-order valence-electron chi connectivity index (χ1n) is 10.1. The minimum absolute atomic E-state index is 0.145. The minimum Gasteiger partial charge on any atom is -0.334 e. The van der Waals surface area contributed by atoms with Gasteiger partial charge in [0, 0.05) is 11.1 Å². The molecular weight excluding hydrogens is 422 g/mol. The summed E-state index contributed by atoms with van der Waals surface area (Å²) in [5, 5.41) is 17.9. The zero-order valence-corrected chi connectivity index (χ0v) is 18.3. The van der Waals surface area contributed by atoms with E-state index in [9.17, 15) is 4.79 Å².